The second kappa shape index (κ2) is 10.3. The van der Waals surface area contributed by atoms with Gasteiger partial charge in [0.25, 0.3) is 0 Å². The molecule has 2 atom stereocenters. The van der Waals surface area contributed by atoms with Gasteiger partial charge in [0.1, 0.15) is 5.69 Å². The second-order valence-corrected chi connectivity index (χ2v) is 8.58. The van der Waals surface area contributed by atoms with Crippen LogP contribution in [0.2, 0.25) is 0 Å². The van der Waals surface area contributed by atoms with Gasteiger partial charge in [0.2, 0.25) is 0 Å². The zero-order valence-electron chi connectivity index (χ0n) is 18.9. The Morgan fingerprint density at radius 3 is 2.71 bits per heavy atom. The Balaban J connectivity index is 1.70. The van der Waals surface area contributed by atoms with Crippen molar-refractivity contribution in [3.05, 3.63) is 59.3 Å². The summed E-state index contributed by atoms with van der Waals surface area (Å²) in [7, 11) is 0. The molecule has 1 aromatic carbocycles. The largest absolute Gasteiger partial charge is 0.401 e. The highest BCUT2D eigenvalue weighted by Gasteiger charge is 2.43. The van der Waals surface area contributed by atoms with Crippen LogP contribution in [0.5, 0.6) is 0 Å². The molecule has 0 spiro atoms. The first kappa shape index (κ1) is 24.4. The number of H-pyrrole nitrogens is 1. The number of aromatic nitrogens is 2. The molecule has 1 aliphatic rings. The molecule has 1 unspecified atom stereocenters. The minimum absolute atomic E-state index is 0.0565. The van der Waals surface area contributed by atoms with E-state index in [-0.39, 0.29) is 11.4 Å². The minimum atomic E-state index is -4.45. The molecule has 10 heteroatoms. The van der Waals surface area contributed by atoms with Gasteiger partial charge in [-0.3, -0.25) is 14.3 Å². The molecule has 3 aromatic rings. The van der Waals surface area contributed by atoms with Crippen LogP contribution in [0.1, 0.15) is 36.3 Å². The molecule has 0 bridgehead atoms. The summed E-state index contributed by atoms with van der Waals surface area (Å²) in [5, 5.41) is 6.94. The van der Waals surface area contributed by atoms with Crippen LogP contribution in [-0.4, -0.2) is 59.9 Å². The van der Waals surface area contributed by atoms with E-state index in [1.54, 1.807) is 6.92 Å². The molecule has 34 heavy (non-hydrogen) atoms. The first-order chi connectivity index (χ1) is 16.3. The van der Waals surface area contributed by atoms with Crippen molar-refractivity contribution in [1.29, 1.82) is 0 Å². The van der Waals surface area contributed by atoms with Crippen molar-refractivity contribution in [2.24, 2.45) is 0 Å². The van der Waals surface area contributed by atoms with Crippen molar-refractivity contribution < 1.29 is 22.0 Å². The van der Waals surface area contributed by atoms with Crippen molar-refractivity contribution in [2.45, 2.75) is 38.0 Å². The highest BCUT2D eigenvalue weighted by molar-refractivity contribution is 5.85. The number of halogens is 5. The molecule has 0 fully saturated rings. The molecule has 0 radical (unpaired) electrons. The number of fused-ring (bicyclic) bond motifs is 3. The van der Waals surface area contributed by atoms with Crippen molar-refractivity contribution >= 4 is 16.6 Å². The van der Waals surface area contributed by atoms with Crippen molar-refractivity contribution in [3.8, 4) is 0 Å². The molecule has 0 saturated carbocycles. The van der Waals surface area contributed by atoms with Crippen LogP contribution >= 0.6 is 0 Å². The number of anilines is 1. The third kappa shape index (κ3) is 5.17. The van der Waals surface area contributed by atoms with E-state index >= 15 is 4.39 Å². The third-order valence-electron chi connectivity index (χ3n) is 6.16. The maximum Gasteiger partial charge on any atom is 0.401 e. The smallest absolute Gasteiger partial charge is 0.381 e. The lowest BCUT2D eigenvalue weighted by Gasteiger charge is -2.40. The van der Waals surface area contributed by atoms with E-state index in [0.717, 1.165) is 16.5 Å². The van der Waals surface area contributed by atoms with Gasteiger partial charge in [0, 0.05) is 41.9 Å². The summed E-state index contributed by atoms with van der Waals surface area (Å²) in [6.07, 6.45) is -2.23. The summed E-state index contributed by atoms with van der Waals surface area (Å²) in [4.78, 5) is 8.73. The fraction of sp³-hybridized carbons (Fsp3) is 0.458. The van der Waals surface area contributed by atoms with E-state index < -0.39 is 37.3 Å². The van der Waals surface area contributed by atoms with Gasteiger partial charge in [0.15, 0.2) is 5.82 Å². The number of alkyl halides is 4. The molecule has 0 amide bonds. The maximum atomic E-state index is 15.7. The summed E-state index contributed by atoms with van der Waals surface area (Å²) >= 11 is 0. The summed E-state index contributed by atoms with van der Waals surface area (Å²) < 4.78 is 68.5. The predicted molar refractivity (Wildman–Crippen MR) is 122 cm³/mol. The fourth-order valence-electron chi connectivity index (χ4n) is 4.64. The van der Waals surface area contributed by atoms with Gasteiger partial charge in [-0.2, -0.15) is 13.2 Å². The number of rotatable bonds is 9. The molecule has 3 heterocycles. The van der Waals surface area contributed by atoms with E-state index in [2.05, 4.69) is 20.6 Å². The Kier molecular flexibility index (Phi) is 7.37. The lowest BCUT2D eigenvalue weighted by molar-refractivity contribution is -0.155. The highest BCUT2D eigenvalue weighted by Crippen LogP contribution is 2.42. The summed E-state index contributed by atoms with van der Waals surface area (Å²) in [6.45, 7) is 1.52. The average Bonchev–Trinajstić information content (AvgIpc) is 3.15. The van der Waals surface area contributed by atoms with Crippen LogP contribution in [0.15, 0.2) is 36.5 Å². The fourth-order valence-corrected chi connectivity index (χ4v) is 4.64. The Morgan fingerprint density at radius 2 is 1.94 bits per heavy atom. The number of nitrogens with zero attached hydrogens (tertiary/aromatic N) is 2. The van der Waals surface area contributed by atoms with Gasteiger partial charge in [-0.05, 0) is 44.0 Å². The van der Waals surface area contributed by atoms with Gasteiger partial charge in [0.05, 0.1) is 24.9 Å². The molecule has 0 aliphatic carbocycles. The number of hydrogen-bond acceptors (Lipinski definition) is 4. The van der Waals surface area contributed by atoms with E-state index in [1.165, 1.54) is 17.2 Å². The summed E-state index contributed by atoms with van der Waals surface area (Å²) in [5.74, 6) is -0.679. The van der Waals surface area contributed by atoms with Crippen LogP contribution in [0.3, 0.4) is 0 Å². The predicted octanol–water partition coefficient (Wildman–Crippen LogP) is 4.96. The number of para-hydroxylation sites is 1. The van der Waals surface area contributed by atoms with Gasteiger partial charge < -0.3 is 15.6 Å². The molecule has 2 aromatic heterocycles. The highest BCUT2D eigenvalue weighted by atomic mass is 19.4. The standard InChI is InChI=1S/C24H28F5N5/c1-15-13-17-16-5-2-3-6-18(16)33-21(17)23(34(15)14-24(27,28)29)22-20(26)19(7-10-32-22)31-12-11-30-9-4-8-25/h2-3,5-7,10,15,23,30,33H,4,8-9,11-14H2,1H3,(H,31,32)/t15-,23?/m1/s1. The molecule has 0 saturated heterocycles. The molecular weight excluding hydrogens is 453 g/mol. The Bertz CT molecular complexity index is 1110. The zero-order valence-corrected chi connectivity index (χ0v) is 18.9. The maximum absolute atomic E-state index is 15.7. The van der Waals surface area contributed by atoms with E-state index in [4.69, 9.17) is 0 Å². The van der Waals surface area contributed by atoms with E-state index in [1.807, 2.05) is 24.3 Å². The number of hydrogen-bond donors (Lipinski definition) is 3. The van der Waals surface area contributed by atoms with Gasteiger partial charge in [-0.1, -0.05) is 18.2 Å². The molecular formula is C24H28F5N5. The molecule has 184 valence electrons. The van der Waals surface area contributed by atoms with Gasteiger partial charge in [-0.15, -0.1) is 0 Å². The number of nitrogens with one attached hydrogen (secondary N) is 3. The second-order valence-electron chi connectivity index (χ2n) is 8.58. The number of aromatic amines is 1. The lowest BCUT2D eigenvalue weighted by atomic mass is 9.90. The SMILES string of the molecule is C[C@@H]1Cc2c([nH]c3ccccc23)C(c2nccc(NCCNCCCF)c2F)N1CC(F)(F)F. The number of pyridine rings is 1. The summed E-state index contributed by atoms with van der Waals surface area (Å²) in [6, 6.07) is 7.48. The quantitative estimate of drug-likeness (QED) is 0.299. The Hall–Kier alpha value is -2.72. The molecule has 4 rings (SSSR count). The van der Waals surface area contributed by atoms with E-state index in [9.17, 15) is 17.6 Å². The first-order valence-corrected chi connectivity index (χ1v) is 11.4. The Labute approximate surface area is 194 Å². The van der Waals surface area contributed by atoms with E-state index in [0.29, 0.717) is 38.2 Å². The third-order valence-corrected chi connectivity index (χ3v) is 6.16. The van der Waals surface area contributed by atoms with Crippen molar-refractivity contribution in [3.63, 3.8) is 0 Å². The Morgan fingerprint density at radius 1 is 1.15 bits per heavy atom. The topological polar surface area (TPSA) is 56.0 Å². The average molecular weight is 482 g/mol. The van der Waals surface area contributed by atoms with Crippen molar-refractivity contribution in [2.75, 3.05) is 38.2 Å². The minimum Gasteiger partial charge on any atom is -0.381 e. The van der Waals surface area contributed by atoms with Gasteiger partial charge >= 0.3 is 6.18 Å². The zero-order chi connectivity index (χ0) is 24.3. The van der Waals surface area contributed by atoms with Crippen LogP contribution < -0.4 is 10.6 Å². The number of benzene rings is 1. The first-order valence-electron chi connectivity index (χ1n) is 11.4. The van der Waals surface area contributed by atoms with Crippen LogP contribution in [0.4, 0.5) is 27.6 Å². The molecule has 3 N–H and O–H groups in total. The van der Waals surface area contributed by atoms with Crippen LogP contribution in [-0.2, 0) is 6.42 Å². The lowest BCUT2D eigenvalue weighted by Crippen LogP contribution is -2.47. The van der Waals surface area contributed by atoms with Crippen LogP contribution in [0, 0.1) is 5.82 Å². The van der Waals surface area contributed by atoms with Gasteiger partial charge in [-0.25, -0.2) is 4.39 Å². The summed E-state index contributed by atoms with van der Waals surface area (Å²) in [5.41, 5.74) is 2.34. The normalized spacial score (nSPS) is 18.9. The van der Waals surface area contributed by atoms with Crippen LogP contribution in [0.25, 0.3) is 10.9 Å². The van der Waals surface area contributed by atoms with Crippen molar-refractivity contribution in [1.82, 2.24) is 20.2 Å². The monoisotopic (exact) mass is 481 g/mol. The molecule has 5 nitrogen and oxygen atoms in total. The molecule has 1 aliphatic heterocycles.